The van der Waals surface area contributed by atoms with Crippen LogP contribution in [0.5, 0.6) is 0 Å². The van der Waals surface area contributed by atoms with Crippen molar-refractivity contribution in [2.45, 2.75) is 52.5 Å². The van der Waals surface area contributed by atoms with Crippen molar-refractivity contribution in [2.24, 2.45) is 0 Å². The van der Waals surface area contributed by atoms with Crippen molar-refractivity contribution >= 4 is 8.80 Å². The van der Waals surface area contributed by atoms with Gasteiger partial charge in [-0.05, 0) is 40.0 Å². The average molecular weight is 305 g/mol. The van der Waals surface area contributed by atoms with Crippen molar-refractivity contribution in [3.8, 4) is 0 Å². The molecule has 0 aromatic rings. The van der Waals surface area contributed by atoms with E-state index in [1.54, 1.807) is 0 Å². The molecule has 1 aliphatic rings. The standard InChI is InChI=1S/C15H34NO3Si/c1-5-17-20(18-6-2,19-7-3)15-11-14-16(4)12-9-8-10-13-16/h5-15H2,1-4H3/q+1. The fourth-order valence-electron chi connectivity index (χ4n) is 3.18. The van der Waals surface area contributed by atoms with Gasteiger partial charge < -0.3 is 17.8 Å². The molecule has 0 atom stereocenters. The summed E-state index contributed by atoms with van der Waals surface area (Å²) >= 11 is 0. The van der Waals surface area contributed by atoms with Crippen LogP contribution in [0.3, 0.4) is 0 Å². The molecule has 0 saturated carbocycles. The van der Waals surface area contributed by atoms with E-state index in [4.69, 9.17) is 13.3 Å². The fourth-order valence-corrected chi connectivity index (χ4v) is 5.77. The molecule has 0 aromatic heterocycles. The third-order valence-corrected chi connectivity index (χ3v) is 7.32. The van der Waals surface area contributed by atoms with Gasteiger partial charge in [-0.1, -0.05) is 0 Å². The van der Waals surface area contributed by atoms with Crippen molar-refractivity contribution in [3.63, 3.8) is 0 Å². The Hall–Kier alpha value is 0.0569. The van der Waals surface area contributed by atoms with E-state index in [0.29, 0.717) is 19.8 Å². The van der Waals surface area contributed by atoms with E-state index in [1.807, 2.05) is 20.8 Å². The highest BCUT2D eigenvalue weighted by atomic mass is 28.4. The van der Waals surface area contributed by atoms with Gasteiger partial charge in [-0.3, -0.25) is 0 Å². The van der Waals surface area contributed by atoms with Crippen LogP contribution in [-0.2, 0) is 13.3 Å². The summed E-state index contributed by atoms with van der Waals surface area (Å²) in [6.45, 7) is 12.0. The molecule has 20 heavy (non-hydrogen) atoms. The molecular formula is C15H34NO3Si+. The lowest BCUT2D eigenvalue weighted by atomic mass is 10.1. The zero-order valence-electron chi connectivity index (χ0n) is 14.0. The lowest BCUT2D eigenvalue weighted by Crippen LogP contribution is -2.50. The summed E-state index contributed by atoms with van der Waals surface area (Å²) in [4.78, 5) is 0. The smallest absolute Gasteiger partial charge is 0.374 e. The van der Waals surface area contributed by atoms with Gasteiger partial charge in [0.15, 0.2) is 0 Å². The summed E-state index contributed by atoms with van der Waals surface area (Å²) in [5, 5.41) is 0. The van der Waals surface area contributed by atoms with Gasteiger partial charge in [0.25, 0.3) is 0 Å². The van der Waals surface area contributed by atoms with E-state index >= 15 is 0 Å². The summed E-state index contributed by atoms with van der Waals surface area (Å²) in [5.41, 5.74) is 0. The largest absolute Gasteiger partial charge is 0.501 e. The van der Waals surface area contributed by atoms with Gasteiger partial charge in [-0.2, -0.15) is 0 Å². The zero-order chi connectivity index (χ0) is 14.9. The first-order valence-corrected chi connectivity index (χ1v) is 10.3. The number of quaternary nitrogens is 1. The van der Waals surface area contributed by atoms with E-state index in [0.717, 1.165) is 12.5 Å². The Labute approximate surface area is 126 Å². The van der Waals surface area contributed by atoms with E-state index in [2.05, 4.69) is 7.05 Å². The molecule has 1 heterocycles. The number of likely N-dealkylation sites (tertiary alicyclic amines) is 1. The highest BCUT2D eigenvalue weighted by molar-refractivity contribution is 6.60. The van der Waals surface area contributed by atoms with Crippen molar-refractivity contribution < 1.29 is 17.8 Å². The van der Waals surface area contributed by atoms with Crippen LogP contribution in [0, 0.1) is 0 Å². The lowest BCUT2D eigenvalue weighted by Gasteiger charge is -2.38. The summed E-state index contributed by atoms with van der Waals surface area (Å²) in [5.74, 6) is 0. The molecule has 1 fully saturated rings. The van der Waals surface area contributed by atoms with Crippen LogP contribution in [0.15, 0.2) is 0 Å². The van der Waals surface area contributed by atoms with Crippen LogP contribution < -0.4 is 0 Å². The SMILES string of the molecule is CCO[Si](CCC[N+]1(C)CCCCC1)(OCC)OCC. The quantitative estimate of drug-likeness (QED) is 0.458. The highest BCUT2D eigenvalue weighted by Crippen LogP contribution is 2.22. The fraction of sp³-hybridized carbons (Fsp3) is 1.00. The van der Waals surface area contributed by atoms with Crippen LogP contribution in [0.4, 0.5) is 0 Å². The van der Waals surface area contributed by atoms with Gasteiger partial charge in [-0.15, -0.1) is 0 Å². The molecule has 0 radical (unpaired) electrons. The maximum absolute atomic E-state index is 5.92. The Morgan fingerprint density at radius 2 is 1.35 bits per heavy atom. The Bertz CT molecular complexity index is 240. The third-order valence-electron chi connectivity index (χ3n) is 4.17. The van der Waals surface area contributed by atoms with Gasteiger partial charge in [0, 0.05) is 32.3 Å². The van der Waals surface area contributed by atoms with Gasteiger partial charge in [0.2, 0.25) is 0 Å². The number of hydrogen-bond acceptors (Lipinski definition) is 3. The molecule has 5 heteroatoms. The first-order chi connectivity index (χ1) is 9.60. The van der Waals surface area contributed by atoms with Crippen LogP contribution in [-0.4, -0.2) is 59.8 Å². The number of hydrogen-bond donors (Lipinski definition) is 0. The highest BCUT2D eigenvalue weighted by Gasteiger charge is 2.40. The van der Waals surface area contributed by atoms with E-state index in [9.17, 15) is 0 Å². The van der Waals surface area contributed by atoms with Gasteiger partial charge in [0.1, 0.15) is 0 Å². The van der Waals surface area contributed by atoms with Crippen molar-refractivity contribution in [2.75, 3.05) is 46.5 Å². The predicted molar refractivity (Wildman–Crippen MR) is 84.7 cm³/mol. The Morgan fingerprint density at radius 3 is 1.80 bits per heavy atom. The summed E-state index contributed by atoms with van der Waals surface area (Å²) in [6, 6.07) is 0.955. The Balaban J connectivity index is 2.47. The molecule has 1 aliphatic heterocycles. The normalized spacial score (nSPS) is 19.2. The predicted octanol–water partition coefficient (Wildman–Crippen LogP) is 3.06. The Kier molecular flexibility index (Phi) is 8.29. The number of rotatable bonds is 10. The molecule has 0 spiro atoms. The van der Waals surface area contributed by atoms with E-state index in [1.165, 1.54) is 43.4 Å². The van der Waals surface area contributed by atoms with Gasteiger partial charge in [-0.25, -0.2) is 0 Å². The molecule has 0 bridgehead atoms. The number of nitrogens with zero attached hydrogens (tertiary/aromatic N) is 1. The van der Waals surface area contributed by atoms with Crippen molar-refractivity contribution in [1.29, 1.82) is 0 Å². The number of piperidine rings is 1. The molecule has 0 aliphatic carbocycles. The van der Waals surface area contributed by atoms with Crippen LogP contribution in [0.25, 0.3) is 0 Å². The first kappa shape index (κ1) is 18.1. The minimum Gasteiger partial charge on any atom is -0.374 e. The van der Waals surface area contributed by atoms with Crippen molar-refractivity contribution in [1.82, 2.24) is 0 Å². The first-order valence-electron chi connectivity index (χ1n) is 8.35. The molecule has 1 rings (SSSR count). The van der Waals surface area contributed by atoms with Gasteiger partial charge in [0.05, 0.1) is 26.7 Å². The second-order valence-electron chi connectivity index (χ2n) is 5.94. The molecule has 1 saturated heterocycles. The average Bonchev–Trinajstić information content (AvgIpc) is 2.40. The van der Waals surface area contributed by atoms with E-state index in [-0.39, 0.29) is 0 Å². The summed E-state index contributed by atoms with van der Waals surface area (Å²) in [7, 11) is -0.0297. The van der Waals surface area contributed by atoms with Crippen molar-refractivity contribution in [3.05, 3.63) is 0 Å². The van der Waals surface area contributed by atoms with E-state index < -0.39 is 8.80 Å². The summed E-state index contributed by atoms with van der Waals surface area (Å²) in [6.07, 6.45) is 5.30. The lowest BCUT2D eigenvalue weighted by molar-refractivity contribution is -0.914. The molecular weight excluding hydrogens is 270 g/mol. The Morgan fingerprint density at radius 1 is 0.850 bits per heavy atom. The minimum atomic E-state index is -2.42. The molecule has 4 nitrogen and oxygen atoms in total. The topological polar surface area (TPSA) is 27.7 Å². The molecule has 0 N–H and O–H groups in total. The maximum atomic E-state index is 5.92. The van der Waals surface area contributed by atoms with Crippen LogP contribution >= 0.6 is 0 Å². The minimum absolute atomic E-state index is 0.679. The maximum Gasteiger partial charge on any atom is 0.501 e. The zero-order valence-corrected chi connectivity index (χ0v) is 15.0. The molecule has 120 valence electrons. The van der Waals surface area contributed by atoms with Gasteiger partial charge >= 0.3 is 8.80 Å². The second-order valence-corrected chi connectivity index (χ2v) is 8.67. The summed E-state index contributed by atoms with van der Waals surface area (Å²) < 4.78 is 19.0. The second kappa shape index (κ2) is 9.15. The monoisotopic (exact) mass is 304 g/mol. The third kappa shape index (κ3) is 5.82. The molecule has 0 amide bonds. The van der Waals surface area contributed by atoms with Crippen LogP contribution in [0.2, 0.25) is 6.04 Å². The molecule has 0 unspecified atom stereocenters. The molecule has 0 aromatic carbocycles. The van der Waals surface area contributed by atoms with Crippen LogP contribution in [0.1, 0.15) is 46.5 Å².